The average Bonchev–Trinajstić information content (AvgIpc) is 2.40. The first-order chi connectivity index (χ1) is 8.15. The van der Waals surface area contributed by atoms with E-state index in [4.69, 9.17) is 0 Å². The van der Waals surface area contributed by atoms with Crippen molar-refractivity contribution in [2.24, 2.45) is 0 Å². The van der Waals surface area contributed by atoms with E-state index in [2.05, 4.69) is 11.8 Å². The van der Waals surface area contributed by atoms with Crippen molar-refractivity contribution in [1.82, 2.24) is 4.90 Å². The third-order valence-electron chi connectivity index (χ3n) is 3.73. The number of hydrogen-bond donors (Lipinski definition) is 1. The molecule has 0 saturated carbocycles. The number of nitrogens with zero attached hydrogens (tertiary/aromatic N) is 1. The molecule has 1 unspecified atom stereocenters. The number of rotatable bonds is 3. The molecular weight excluding hydrogens is 217 g/mol. The van der Waals surface area contributed by atoms with Gasteiger partial charge in [0.25, 0.3) is 0 Å². The summed E-state index contributed by atoms with van der Waals surface area (Å²) in [6.45, 7) is 4.62. The van der Waals surface area contributed by atoms with E-state index in [0.717, 1.165) is 19.6 Å². The summed E-state index contributed by atoms with van der Waals surface area (Å²) >= 11 is 0. The molecule has 1 aliphatic heterocycles. The highest BCUT2D eigenvalue weighted by Gasteiger charge is 2.40. The van der Waals surface area contributed by atoms with Gasteiger partial charge >= 0.3 is 0 Å². The minimum Gasteiger partial charge on any atom is -0.386 e. The lowest BCUT2D eigenvalue weighted by molar-refractivity contribution is -0.0792. The lowest BCUT2D eigenvalue weighted by Gasteiger charge is -2.39. The largest absolute Gasteiger partial charge is 0.386 e. The Balaban J connectivity index is 2.07. The van der Waals surface area contributed by atoms with Crippen molar-refractivity contribution in [2.75, 3.05) is 19.6 Å². The first-order valence-electron chi connectivity index (χ1n) is 6.29. The van der Waals surface area contributed by atoms with Crippen LogP contribution in [0.5, 0.6) is 0 Å². The van der Waals surface area contributed by atoms with Gasteiger partial charge in [-0.15, -0.1) is 0 Å². The number of alkyl halides is 1. The molecule has 2 nitrogen and oxygen atoms in total. The predicted octanol–water partition coefficient (Wildman–Crippen LogP) is 2.54. The number of aliphatic hydroxyl groups is 1. The van der Waals surface area contributed by atoms with Crippen LogP contribution in [0.1, 0.15) is 31.5 Å². The Bertz CT molecular complexity index is 346. The number of benzene rings is 1. The summed E-state index contributed by atoms with van der Waals surface area (Å²) in [5, 5.41) is 10.4. The zero-order valence-corrected chi connectivity index (χ0v) is 10.3. The highest BCUT2D eigenvalue weighted by atomic mass is 19.1. The first-order valence-corrected chi connectivity index (χ1v) is 6.29. The second-order valence-corrected chi connectivity index (χ2v) is 4.81. The van der Waals surface area contributed by atoms with Crippen LogP contribution in [0.3, 0.4) is 0 Å². The molecule has 0 spiro atoms. The molecule has 17 heavy (non-hydrogen) atoms. The number of halogens is 1. The number of hydrogen-bond acceptors (Lipinski definition) is 2. The van der Waals surface area contributed by atoms with Gasteiger partial charge in [-0.1, -0.05) is 37.3 Å². The van der Waals surface area contributed by atoms with Crippen LogP contribution in [0.2, 0.25) is 0 Å². The predicted molar refractivity (Wildman–Crippen MR) is 66.6 cm³/mol. The molecule has 1 saturated heterocycles. The van der Waals surface area contributed by atoms with Crippen LogP contribution in [0.15, 0.2) is 30.3 Å². The fourth-order valence-electron chi connectivity index (χ4n) is 2.44. The molecule has 94 valence electrons. The molecule has 1 aromatic carbocycles. The quantitative estimate of drug-likeness (QED) is 0.873. The fourth-order valence-corrected chi connectivity index (χ4v) is 2.44. The normalized spacial score (nSPS) is 22.3. The van der Waals surface area contributed by atoms with Gasteiger partial charge in [-0.05, 0) is 24.9 Å². The molecule has 3 heteroatoms. The highest BCUT2D eigenvalue weighted by molar-refractivity contribution is 5.20. The van der Waals surface area contributed by atoms with Crippen LogP contribution >= 0.6 is 0 Å². The van der Waals surface area contributed by atoms with Gasteiger partial charge in [0, 0.05) is 13.1 Å². The van der Waals surface area contributed by atoms with E-state index in [9.17, 15) is 9.50 Å². The van der Waals surface area contributed by atoms with E-state index < -0.39 is 11.8 Å². The van der Waals surface area contributed by atoms with Crippen LogP contribution in [0.4, 0.5) is 4.39 Å². The van der Waals surface area contributed by atoms with E-state index in [-0.39, 0.29) is 0 Å². The molecule has 0 radical (unpaired) electrons. The van der Waals surface area contributed by atoms with E-state index in [1.807, 2.05) is 18.2 Å². The zero-order chi connectivity index (χ0) is 12.3. The summed E-state index contributed by atoms with van der Waals surface area (Å²) in [6.07, 6.45) is -0.254. The van der Waals surface area contributed by atoms with Gasteiger partial charge in [0.1, 0.15) is 5.60 Å². The van der Waals surface area contributed by atoms with Gasteiger partial charge in [0.2, 0.25) is 0 Å². The van der Waals surface area contributed by atoms with Crippen molar-refractivity contribution < 1.29 is 9.50 Å². The summed E-state index contributed by atoms with van der Waals surface area (Å²) in [5.74, 6) is 0. The van der Waals surface area contributed by atoms with Crippen molar-refractivity contribution in [3.8, 4) is 0 Å². The monoisotopic (exact) mass is 237 g/mol. The molecule has 0 aromatic heterocycles. The Hall–Kier alpha value is -0.930. The van der Waals surface area contributed by atoms with Gasteiger partial charge < -0.3 is 10.0 Å². The summed E-state index contributed by atoms with van der Waals surface area (Å²) in [4.78, 5) is 2.24. The third kappa shape index (κ3) is 2.67. The topological polar surface area (TPSA) is 23.5 Å². The molecule has 0 aliphatic carbocycles. The summed E-state index contributed by atoms with van der Waals surface area (Å²) < 4.78 is 14.4. The second kappa shape index (κ2) is 5.15. The first kappa shape index (κ1) is 12.5. The average molecular weight is 237 g/mol. The Labute approximate surface area is 102 Å². The van der Waals surface area contributed by atoms with Gasteiger partial charge in [-0.2, -0.15) is 0 Å². The Morgan fingerprint density at radius 3 is 2.41 bits per heavy atom. The molecule has 1 heterocycles. The van der Waals surface area contributed by atoms with Gasteiger partial charge in [0.15, 0.2) is 6.17 Å². The highest BCUT2D eigenvalue weighted by Crippen LogP contribution is 2.37. The van der Waals surface area contributed by atoms with Gasteiger partial charge in [-0.25, -0.2) is 4.39 Å². The Kier molecular flexibility index (Phi) is 3.79. The molecule has 1 aliphatic rings. The van der Waals surface area contributed by atoms with Gasteiger partial charge in [0.05, 0.1) is 0 Å². The molecule has 2 rings (SSSR count). The molecular formula is C14H20FNO. The minimum atomic E-state index is -1.28. The third-order valence-corrected chi connectivity index (χ3v) is 3.73. The van der Waals surface area contributed by atoms with E-state index in [1.165, 1.54) is 0 Å². The van der Waals surface area contributed by atoms with Crippen LogP contribution < -0.4 is 0 Å². The lowest BCUT2D eigenvalue weighted by atomic mass is 9.83. The zero-order valence-electron chi connectivity index (χ0n) is 10.3. The second-order valence-electron chi connectivity index (χ2n) is 4.81. The van der Waals surface area contributed by atoms with E-state index in [1.54, 1.807) is 12.1 Å². The summed E-state index contributed by atoms with van der Waals surface area (Å²) in [6, 6.07) is 8.97. The smallest absolute Gasteiger partial charge is 0.154 e. The van der Waals surface area contributed by atoms with Crippen molar-refractivity contribution >= 4 is 0 Å². The van der Waals surface area contributed by atoms with Crippen LogP contribution in [-0.4, -0.2) is 35.2 Å². The summed E-state index contributed by atoms with van der Waals surface area (Å²) in [5.41, 5.74) is -0.604. The van der Waals surface area contributed by atoms with Crippen molar-refractivity contribution in [1.29, 1.82) is 0 Å². The van der Waals surface area contributed by atoms with Crippen LogP contribution in [-0.2, 0) is 0 Å². The molecule has 1 atom stereocenters. The standard InChI is InChI=1S/C14H20FNO/c1-2-16-10-8-14(17,9-11-16)13(15)12-6-4-3-5-7-12/h3-7,13,17H,2,8-11H2,1H3. The van der Waals surface area contributed by atoms with E-state index in [0.29, 0.717) is 18.4 Å². The maximum absolute atomic E-state index is 14.4. The molecule has 1 aromatic rings. The summed E-state index contributed by atoms with van der Waals surface area (Å²) in [7, 11) is 0. The fraction of sp³-hybridized carbons (Fsp3) is 0.571. The van der Waals surface area contributed by atoms with Crippen LogP contribution in [0, 0.1) is 0 Å². The maximum Gasteiger partial charge on any atom is 0.154 e. The Morgan fingerprint density at radius 2 is 1.88 bits per heavy atom. The SMILES string of the molecule is CCN1CCC(O)(C(F)c2ccccc2)CC1. The molecule has 1 fully saturated rings. The molecule has 0 bridgehead atoms. The molecule has 0 amide bonds. The van der Waals surface area contributed by atoms with Gasteiger partial charge in [-0.3, -0.25) is 0 Å². The number of piperidine rings is 1. The maximum atomic E-state index is 14.4. The Morgan fingerprint density at radius 1 is 1.29 bits per heavy atom. The van der Waals surface area contributed by atoms with Crippen molar-refractivity contribution in [2.45, 2.75) is 31.5 Å². The number of likely N-dealkylation sites (tertiary alicyclic amines) is 1. The lowest BCUT2D eigenvalue weighted by Crippen LogP contribution is -2.46. The van der Waals surface area contributed by atoms with Crippen LogP contribution in [0.25, 0.3) is 0 Å². The molecule has 1 N–H and O–H groups in total. The van der Waals surface area contributed by atoms with Crippen molar-refractivity contribution in [3.05, 3.63) is 35.9 Å². The van der Waals surface area contributed by atoms with E-state index >= 15 is 0 Å². The van der Waals surface area contributed by atoms with Crippen molar-refractivity contribution in [3.63, 3.8) is 0 Å². The minimum absolute atomic E-state index is 0.511.